The van der Waals surface area contributed by atoms with Gasteiger partial charge in [0.2, 0.25) is 5.91 Å². The molecule has 1 saturated carbocycles. The van der Waals surface area contributed by atoms with Gasteiger partial charge in [-0.25, -0.2) is 9.45 Å². The van der Waals surface area contributed by atoms with Crippen molar-refractivity contribution in [2.24, 2.45) is 11.8 Å². The fourth-order valence-corrected chi connectivity index (χ4v) is 5.43. The van der Waals surface area contributed by atoms with Gasteiger partial charge in [-0.3, -0.25) is 14.6 Å². The minimum Gasteiger partial charge on any atom is -0.489 e. The summed E-state index contributed by atoms with van der Waals surface area (Å²) in [6.45, 7) is 2.25. The van der Waals surface area contributed by atoms with E-state index in [1.165, 1.54) is 17.2 Å². The molecule has 1 aromatic carbocycles. The highest BCUT2D eigenvalue weighted by Gasteiger charge is 2.37. The van der Waals surface area contributed by atoms with E-state index >= 15 is 0 Å². The van der Waals surface area contributed by atoms with E-state index in [2.05, 4.69) is 15.7 Å². The molecule has 2 aromatic heterocycles. The van der Waals surface area contributed by atoms with E-state index in [0.717, 1.165) is 49.0 Å². The summed E-state index contributed by atoms with van der Waals surface area (Å²) in [6.07, 6.45) is 7.82. The number of ether oxygens (including phenoxy) is 2. The van der Waals surface area contributed by atoms with Gasteiger partial charge in [0.15, 0.2) is 0 Å². The number of benzene rings is 1. The molecule has 0 bridgehead atoms. The Kier molecular flexibility index (Phi) is 7.68. The SMILES string of the molecule is COCCOc1cnc2ccn(CC3CCC(C(=O)N4OCC[C@H]4c4cc(F)cc(C#N)c4)CC3)c2c1. The number of methoxy groups -OCH3 is 1. The lowest BCUT2D eigenvalue weighted by Crippen LogP contribution is -2.37. The number of fused-ring (bicyclic) bond motifs is 1. The topological polar surface area (TPSA) is 89.6 Å². The Morgan fingerprint density at radius 2 is 2.03 bits per heavy atom. The summed E-state index contributed by atoms with van der Waals surface area (Å²) < 4.78 is 27.0. The molecule has 5 rings (SSSR count). The molecule has 8 nitrogen and oxygen atoms in total. The van der Waals surface area contributed by atoms with Crippen molar-refractivity contribution in [1.29, 1.82) is 5.26 Å². The molecule has 3 aromatic rings. The van der Waals surface area contributed by atoms with E-state index in [9.17, 15) is 14.4 Å². The van der Waals surface area contributed by atoms with Crippen LogP contribution in [0.5, 0.6) is 5.75 Å². The molecule has 3 heterocycles. The third kappa shape index (κ3) is 5.60. The maximum Gasteiger partial charge on any atom is 0.249 e. The van der Waals surface area contributed by atoms with Gasteiger partial charge in [0.1, 0.15) is 18.2 Å². The number of rotatable bonds is 8. The lowest BCUT2D eigenvalue weighted by atomic mass is 9.81. The minimum atomic E-state index is -0.477. The smallest absolute Gasteiger partial charge is 0.249 e. The quantitative estimate of drug-likeness (QED) is 0.409. The van der Waals surface area contributed by atoms with E-state index < -0.39 is 5.82 Å². The molecule has 1 aliphatic carbocycles. The van der Waals surface area contributed by atoms with Crippen molar-refractivity contribution in [3.63, 3.8) is 0 Å². The Morgan fingerprint density at radius 1 is 1.19 bits per heavy atom. The number of hydrogen-bond donors (Lipinski definition) is 0. The summed E-state index contributed by atoms with van der Waals surface area (Å²) in [5.41, 5.74) is 2.82. The molecular weight excluding hydrogens is 475 g/mol. The average Bonchev–Trinajstić information content (AvgIpc) is 3.56. The van der Waals surface area contributed by atoms with E-state index in [1.807, 2.05) is 18.2 Å². The number of pyridine rings is 1. The van der Waals surface area contributed by atoms with Crippen molar-refractivity contribution in [1.82, 2.24) is 14.6 Å². The lowest BCUT2D eigenvalue weighted by molar-refractivity contribution is -0.183. The molecule has 2 fully saturated rings. The number of carbonyl (C=O) groups excluding carboxylic acids is 1. The van der Waals surface area contributed by atoms with E-state index in [4.69, 9.17) is 14.3 Å². The standard InChI is InChI=1S/C28H31FN4O4/c1-35-10-11-36-24-15-27-25(31-17-24)6-8-32(27)18-19-2-4-21(5-3-19)28(34)33-26(7-9-37-33)22-12-20(16-30)13-23(29)14-22/h6,8,12-15,17,19,21,26H,2-5,7,9-11,18H2,1H3/t19?,21?,26-/m0/s1. The van der Waals surface area contributed by atoms with Crippen LogP contribution in [0.2, 0.25) is 0 Å². The molecule has 1 atom stereocenters. The fourth-order valence-electron chi connectivity index (χ4n) is 5.43. The number of hydroxylamine groups is 2. The predicted octanol–water partition coefficient (Wildman–Crippen LogP) is 4.78. The number of hydrogen-bond acceptors (Lipinski definition) is 6. The Bertz CT molecular complexity index is 1300. The van der Waals surface area contributed by atoms with Crippen molar-refractivity contribution in [2.75, 3.05) is 26.9 Å². The molecule has 1 aliphatic heterocycles. The Balaban J connectivity index is 1.20. The zero-order valence-corrected chi connectivity index (χ0v) is 20.9. The molecule has 2 aliphatic rings. The monoisotopic (exact) mass is 506 g/mol. The van der Waals surface area contributed by atoms with Gasteiger partial charge in [-0.15, -0.1) is 0 Å². The highest BCUT2D eigenvalue weighted by atomic mass is 19.1. The van der Waals surface area contributed by atoms with Crippen LogP contribution in [0.15, 0.2) is 42.7 Å². The third-order valence-corrected chi connectivity index (χ3v) is 7.36. The van der Waals surface area contributed by atoms with Crippen molar-refractivity contribution in [3.05, 3.63) is 59.7 Å². The molecule has 194 valence electrons. The van der Waals surface area contributed by atoms with Gasteiger partial charge in [-0.1, -0.05) is 0 Å². The summed E-state index contributed by atoms with van der Waals surface area (Å²) in [6, 6.07) is 9.88. The van der Waals surface area contributed by atoms with Gasteiger partial charge in [0, 0.05) is 38.3 Å². The summed E-state index contributed by atoms with van der Waals surface area (Å²) in [5.74, 6) is 0.533. The van der Waals surface area contributed by atoms with Gasteiger partial charge in [-0.05, 0) is 61.4 Å². The molecule has 1 saturated heterocycles. The first-order valence-electron chi connectivity index (χ1n) is 12.8. The summed E-state index contributed by atoms with van der Waals surface area (Å²) in [7, 11) is 1.64. The van der Waals surface area contributed by atoms with E-state index in [-0.39, 0.29) is 23.4 Å². The van der Waals surface area contributed by atoms with Crippen LogP contribution in [-0.2, 0) is 20.9 Å². The number of amides is 1. The zero-order chi connectivity index (χ0) is 25.8. The van der Waals surface area contributed by atoms with Gasteiger partial charge in [-0.2, -0.15) is 5.26 Å². The van der Waals surface area contributed by atoms with Crippen LogP contribution >= 0.6 is 0 Å². The van der Waals surface area contributed by atoms with E-state index in [1.54, 1.807) is 19.4 Å². The van der Waals surface area contributed by atoms with Crippen LogP contribution in [0.1, 0.15) is 49.3 Å². The Hall–Kier alpha value is -3.48. The Morgan fingerprint density at radius 3 is 2.81 bits per heavy atom. The lowest BCUT2D eigenvalue weighted by Gasteiger charge is -2.32. The highest BCUT2D eigenvalue weighted by molar-refractivity contribution is 5.79. The van der Waals surface area contributed by atoms with Crippen LogP contribution in [0.25, 0.3) is 11.0 Å². The average molecular weight is 507 g/mol. The molecule has 0 unspecified atom stereocenters. The fraction of sp³-hybridized carbons (Fsp3) is 0.464. The molecule has 0 spiro atoms. The molecule has 37 heavy (non-hydrogen) atoms. The predicted molar refractivity (Wildman–Crippen MR) is 134 cm³/mol. The van der Waals surface area contributed by atoms with Crippen molar-refractivity contribution in [2.45, 2.75) is 44.7 Å². The van der Waals surface area contributed by atoms with Crippen molar-refractivity contribution in [3.8, 4) is 11.8 Å². The number of nitrogens with zero attached hydrogens (tertiary/aromatic N) is 4. The van der Waals surface area contributed by atoms with Crippen LogP contribution in [-0.4, -0.2) is 47.5 Å². The van der Waals surface area contributed by atoms with Gasteiger partial charge in [0.25, 0.3) is 0 Å². The normalized spacial score (nSPS) is 21.8. The van der Waals surface area contributed by atoms with Crippen LogP contribution < -0.4 is 4.74 Å². The largest absolute Gasteiger partial charge is 0.489 e. The summed E-state index contributed by atoms with van der Waals surface area (Å²) in [5, 5.41) is 10.6. The number of halogens is 1. The number of nitriles is 1. The zero-order valence-electron chi connectivity index (χ0n) is 20.9. The minimum absolute atomic E-state index is 0.0443. The van der Waals surface area contributed by atoms with Crippen LogP contribution in [0.4, 0.5) is 4.39 Å². The maximum atomic E-state index is 14.0. The molecule has 0 N–H and O–H groups in total. The third-order valence-electron chi connectivity index (χ3n) is 7.36. The molecule has 1 amide bonds. The van der Waals surface area contributed by atoms with Gasteiger partial charge >= 0.3 is 0 Å². The van der Waals surface area contributed by atoms with Gasteiger partial charge in [0.05, 0.1) is 48.1 Å². The van der Waals surface area contributed by atoms with Crippen molar-refractivity contribution < 1.29 is 23.5 Å². The van der Waals surface area contributed by atoms with E-state index in [0.29, 0.717) is 37.7 Å². The highest BCUT2D eigenvalue weighted by Crippen LogP contribution is 2.37. The molecular formula is C28H31FN4O4. The second-order valence-electron chi connectivity index (χ2n) is 9.79. The maximum absolute atomic E-state index is 14.0. The first kappa shape index (κ1) is 25.2. The first-order chi connectivity index (χ1) is 18.1. The van der Waals surface area contributed by atoms with Crippen LogP contribution in [0.3, 0.4) is 0 Å². The second kappa shape index (κ2) is 11.3. The number of aromatic nitrogens is 2. The Labute approximate surface area is 215 Å². The first-order valence-corrected chi connectivity index (χ1v) is 12.8. The summed E-state index contributed by atoms with van der Waals surface area (Å²) >= 11 is 0. The summed E-state index contributed by atoms with van der Waals surface area (Å²) in [4.78, 5) is 23.6. The number of carbonyl (C=O) groups is 1. The van der Waals surface area contributed by atoms with Gasteiger partial charge < -0.3 is 14.0 Å². The molecule has 0 radical (unpaired) electrons. The van der Waals surface area contributed by atoms with Crippen LogP contribution in [0, 0.1) is 29.0 Å². The second-order valence-corrected chi connectivity index (χ2v) is 9.79. The molecule has 9 heteroatoms. The van der Waals surface area contributed by atoms with Crippen molar-refractivity contribution >= 4 is 16.9 Å².